The van der Waals surface area contributed by atoms with E-state index in [1.165, 1.54) is 14.2 Å². The molecule has 0 aromatic heterocycles. The van der Waals surface area contributed by atoms with Gasteiger partial charge in [0, 0.05) is 26.4 Å². The molecule has 0 aliphatic carbocycles. The number of methoxy groups -OCH3 is 2. The molecular formula is C12H20O6. The van der Waals surface area contributed by atoms with Crippen molar-refractivity contribution < 1.29 is 28.5 Å². The predicted molar refractivity (Wildman–Crippen MR) is 64.0 cm³/mol. The van der Waals surface area contributed by atoms with Crippen molar-refractivity contribution in [1.82, 2.24) is 0 Å². The summed E-state index contributed by atoms with van der Waals surface area (Å²) in [6.45, 7) is 3.98. The predicted octanol–water partition coefficient (Wildman–Crippen LogP) is 0.699. The van der Waals surface area contributed by atoms with E-state index in [4.69, 9.17) is 18.9 Å². The van der Waals surface area contributed by atoms with Crippen molar-refractivity contribution >= 4 is 11.9 Å². The molecule has 2 atom stereocenters. The largest absolute Gasteiger partial charge is 0.457 e. The standard InChI is InChI=1S/C12H20O6/c1-9(7-15-3)17-11(13)5-6-12(14)18-10(2)8-16-4/h5-6,9-10H,7-8H2,1-4H3/b6-5-. The molecule has 0 bridgehead atoms. The first-order valence-corrected chi connectivity index (χ1v) is 5.56. The van der Waals surface area contributed by atoms with Crippen molar-refractivity contribution in [2.45, 2.75) is 26.1 Å². The van der Waals surface area contributed by atoms with Gasteiger partial charge in [-0.2, -0.15) is 0 Å². The molecule has 2 unspecified atom stereocenters. The Morgan fingerprint density at radius 1 is 0.889 bits per heavy atom. The number of rotatable bonds is 8. The lowest BCUT2D eigenvalue weighted by atomic mass is 10.4. The van der Waals surface area contributed by atoms with Gasteiger partial charge in [-0.05, 0) is 13.8 Å². The van der Waals surface area contributed by atoms with Crippen LogP contribution in [-0.4, -0.2) is 51.6 Å². The molecule has 0 aromatic rings. The van der Waals surface area contributed by atoms with E-state index in [9.17, 15) is 9.59 Å². The molecule has 6 heteroatoms. The number of carbonyl (C=O) groups is 2. The monoisotopic (exact) mass is 260 g/mol. The van der Waals surface area contributed by atoms with Gasteiger partial charge in [-0.15, -0.1) is 0 Å². The molecule has 0 aliphatic rings. The molecule has 0 N–H and O–H groups in total. The van der Waals surface area contributed by atoms with Crippen LogP contribution in [0.25, 0.3) is 0 Å². The summed E-state index contributed by atoms with van der Waals surface area (Å²) in [6, 6.07) is 0. The second-order valence-electron chi connectivity index (χ2n) is 3.74. The molecule has 0 heterocycles. The van der Waals surface area contributed by atoms with Gasteiger partial charge < -0.3 is 18.9 Å². The van der Waals surface area contributed by atoms with Crippen molar-refractivity contribution in [2.24, 2.45) is 0 Å². The van der Waals surface area contributed by atoms with E-state index in [0.29, 0.717) is 13.2 Å². The number of hydrogen-bond donors (Lipinski definition) is 0. The highest BCUT2D eigenvalue weighted by atomic mass is 16.6. The minimum Gasteiger partial charge on any atom is -0.457 e. The van der Waals surface area contributed by atoms with E-state index in [1.807, 2.05) is 0 Å². The summed E-state index contributed by atoms with van der Waals surface area (Å²) >= 11 is 0. The summed E-state index contributed by atoms with van der Waals surface area (Å²) < 4.78 is 19.4. The summed E-state index contributed by atoms with van der Waals surface area (Å²) in [4.78, 5) is 22.5. The van der Waals surface area contributed by atoms with Crippen molar-refractivity contribution in [3.05, 3.63) is 12.2 Å². The molecule has 0 saturated carbocycles. The van der Waals surface area contributed by atoms with Crippen LogP contribution < -0.4 is 0 Å². The van der Waals surface area contributed by atoms with Crippen LogP contribution in [0.2, 0.25) is 0 Å². The Hall–Kier alpha value is -1.40. The number of carbonyl (C=O) groups excluding carboxylic acids is 2. The summed E-state index contributed by atoms with van der Waals surface area (Å²) in [5, 5.41) is 0. The second kappa shape index (κ2) is 9.61. The van der Waals surface area contributed by atoms with Crippen LogP contribution in [0.15, 0.2) is 12.2 Å². The van der Waals surface area contributed by atoms with Gasteiger partial charge in [0.15, 0.2) is 0 Å². The van der Waals surface area contributed by atoms with E-state index in [1.54, 1.807) is 13.8 Å². The molecule has 6 nitrogen and oxygen atoms in total. The van der Waals surface area contributed by atoms with Crippen LogP contribution in [0.4, 0.5) is 0 Å². The normalized spacial score (nSPS) is 14.2. The molecule has 0 amide bonds. The Labute approximate surface area is 107 Å². The summed E-state index contributed by atoms with van der Waals surface area (Å²) in [5.41, 5.74) is 0. The molecule has 0 saturated heterocycles. The lowest BCUT2D eigenvalue weighted by Gasteiger charge is -2.11. The molecule has 104 valence electrons. The average Bonchev–Trinajstić information content (AvgIpc) is 2.27. The summed E-state index contributed by atoms with van der Waals surface area (Å²) in [6.07, 6.45) is 1.31. The van der Waals surface area contributed by atoms with Crippen molar-refractivity contribution in [2.75, 3.05) is 27.4 Å². The smallest absolute Gasteiger partial charge is 0.331 e. The topological polar surface area (TPSA) is 71.1 Å². The average molecular weight is 260 g/mol. The molecular weight excluding hydrogens is 240 g/mol. The summed E-state index contributed by atoms with van der Waals surface area (Å²) in [5.74, 6) is -1.23. The Balaban J connectivity index is 3.98. The lowest BCUT2D eigenvalue weighted by Crippen LogP contribution is -2.20. The first kappa shape index (κ1) is 16.6. The van der Waals surface area contributed by atoms with Crippen LogP contribution in [0.3, 0.4) is 0 Å². The fourth-order valence-corrected chi connectivity index (χ4v) is 1.15. The lowest BCUT2D eigenvalue weighted by molar-refractivity contribution is -0.147. The Morgan fingerprint density at radius 2 is 1.22 bits per heavy atom. The van der Waals surface area contributed by atoms with E-state index >= 15 is 0 Å². The second-order valence-corrected chi connectivity index (χ2v) is 3.74. The molecule has 0 fully saturated rings. The number of hydrogen-bond acceptors (Lipinski definition) is 6. The zero-order valence-corrected chi connectivity index (χ0v) is 11.2. The highest BCUT2D eigenvalue weighted by molar-refractivity contribution is 5.91. The van der Waals surface area contributed by atoms with Gasteiger partial charge in [0.05, 0.1) is 13.2 Å². The van der Waals surface area contributed by atoms with Gasteiger partial charge in [0.2, 0.25) is 0 Å². The van der Waals surface area contributed by atoms with Crippen molar-refractivity contribution in [3.63, 3.8) is 0 Å². The van der Waals surface area contributed by atoms with Crippen LogP contribution in [0.5, 0.6) is 0 Å². The fourth-order valence-electron chi connectivity index (χ4n) is 1.15. The maximum Gasteiger partial charge on any atom is 0.331 e. The van der Waals surface area contributed by atoms with Crippen LogP contribution >= 0.6 is 0 Å². The SMILES string of the molecule is COCC(C)OC(=O)/C=C\C(=O)OC(C)COC. The Kier molecular flexibility index (Phi) is 8.86. The molecule has 0 aromatic carbocycles. The van der Waals surface area contributed by atoms with E-state index in [0.717, 1.165) is 12.2 Å². The van der Waals surface area contributed by atoms with Crippen LogP contribution in [0, 0.1) is 0 Å². The maximum absolute atomic E-state index is 11.2. The van der Waals surface area contributed by atoms with Gasteiger partial charge in [-0.1, -0.05) is 0 Å². The maximum atomic E-state index is 11.2. The minimum absolute atomic E-state index is 0.300. The van der Waals surface area contributed by atoms with Crippen LogP contribution in [-0.2, 0) is 28.5 Å². The van der Waals surface area contributed by atoms with E-state index in [-0.39, 0.29) is 12.2 Å². The molecule has 0 aliphatic heterocycles. The van der Waals surface area contributed by atoms with E-state index < -0.39 is 11.9 Å². The van der Waals surface area contributed by atoms with Gasteiger partial charge >= 0.3 is 11.9 Å². The summed E-state index contributed by atoms with van der Waals surface area (Å²) in [7, 11) is 3.02. The zero-order valence-electron chi connectivity index (χ0n) is 11.2. The number of ether oxygens (including phenoxy) is 4. The highest BCUT2D eigenvalue weighted by Crippen LogP contribution is 1.96. The van der Waals surface area contributed by atoms with Gasteiger partial charge in [0.25, 0.3) is 0 Å². The third kappa shape index (κ3) is 8.72. The van der Waals surface area contributed by atoms with Crippen molar-refractivity contribution in [1.29, 1.82) is 0 Å². The Morgan fingerprint density at radius 3 is 1.50 bits per heavy atom. The van der Waals surface area contributed by atoms with E-state index in [2.05, 4.69) is 0 Å². The minimum atomic E-state index is -0.615. The van der Waals surface area contributed by atoms with Crippen LogP contribution in [0.1, 0.15) is 13.8 Å². The third-order valence-electron chi connectivity index (χ3n) is 1.79. The van der Waals surface area contributed by atoms with Crippen molar-refractivity contribution in [3.8, 4) is 0 Å². The molecule has 0 rings (SSSR count). The first-order valence-electron chi connectivity index (χ1n) is 5.56. The van der Waals surface area contributed by atoms with Gasteiger partial charge in [-0.25, -0.2) is 9.59 Å². The fraction of sp³-hybridized carbons (Fsp3) is 0.667. The molecule has 0 spiro atoms. The zero-order chi connectivity index (χ0) is 14.0. The molecule has 18 heavy (non-hydrogen) atoms. The van der Waals surface area contributed by atoms with Gasteiger partial charge in [-0.3, -0.25) is 0 Å². The van der Waals surface area contributed by atoms with Gasteiger partial charge in [0.1, 0.15) is 12.2 Å². The quantitative estimate of drug-likeness (QED) is 0.472. The third-order valence-corrected chi connectivity index (χ3v) is 1.79. The molecule has 0 radical (unpaired) electrons. The number of esters is 2. The Bertz CT molecular complexity index is 258. The first-order chi connectivity index (χ1) is 8.49. The highest BCUT2D eigenvalue weighted by Gasteiger charge is 2.09.